The molecule has 1 amide bonds. The first-order valence-corrected chi connectivity index (χ1v) is 4.68. The van der Waals surface area contributed by atoms with Crippen LogP contribution in [0.3, 0.4) is 0 Å². The van der Waals surface area contributed by atoms with Gasteiger partial charge in [-0.05, 0) is 6.42 Å². The van der Waals surface area contributed by atoms with Crippen molar-refractivity contribution in [2.45, 2.75) is 12.5 Å². The van der Waals surface area contributed by atoms with Crippen molar-refractivity contribution in [3.05, 3.63) is 11.6 Å². The van der Waals surface area contributed by atoms with Gasteiger partial charge in [0.25, 0.3) is 0 Å². The van der Waals surface area contributed by atoms with Gasteiger partial charge in [-0.15, -0.1) is 0 Å². The molecule has 4 heteroatoms. The van der Waals surface area contributed by atoms with Crippen LogP contribution < -0.4 is 10.6 Å². The quantitative estimate of drug-likeness (QED) is 0.570. The lowest BCUT2D eigenvalue weighted by molar-refractivity contribution is -0.119. The van der Waals surface area contributed by atoms with Crippen molar-refractivity contribution in [3.8, 4) is 0 Å². The van der Waals surface area contributed by atoms with E-state index in [1.54, 1.807) is 0 Å². The van der Waals surface area contributed by atoms with Crippen molar-refractivity contribution >= 4 is 5.91 Å². The molecule has 2 aliphatic rings. The number of hydrogen-bond donors (Lipinski definition) is 2. The Hall–Kier alpha value is -0.870. The Bertz CT molecular complexity index is 232. The minimum absolute atomic E-state index is 0.0277. The number of morpholine rings is 1. The minimum atomic E-state index is -0.0472. The summed E-state index contributed by atoms with van der Waals surface area (Å²) in [5, 5.41) is 6.02. The Morgan fingerprint density at radius 3 is 3.08 bits per heavy atom. The van der Waals surface area contributed by atoms with Crippen molar-refractivity contribution in [2.75, 3.05) is 26.2 Å². The Kier molecular flexibility index (Phi) is 2.61. The second kappa shape index (κ2) is 3.89. The number of carbonyl (C=O) groups is 1. The topological polar surface area (TPSA) is 50.4 Å². The van der Waals surface area contributed by atoms with Crippen molar-refractivity contribution in [1.29, 1.82) is 0 Å². The predicted molar refractivity (Wildman–Crippen MR) is 48.3 cm³/mol. The minimum Gasteiger partial charge on any atom is -0.371 e. The Morgan fingerprint density at radius 1 is 1.46 bits per heavy atom. The lowest BCUT2D eigenvalue weighted by Gasteiger charge is -2.27. The predicted octanol–water partition coefficient (Wildman–Crippen LogP) is -0.579. The van der Waals surface area contributed by atoms with E-state index < -0.39 is 0 Å². The molecule has 0 aromatic heterocycles. The number of nitrogens with one attached hydrogen (secondary N) is 2. The molecule has 2 heterocycles. The SMILES string of the molecule is O=C1NCCC=C1C1CNCCO1. The molecule has 72 valence electrons. The molecule has 4 nitrogen and oxygen atoms in total. The fourth-order valence-electron chi connectivity index (χ4n) is 1.65. The van der Waals surface area contributed by atoms with Crippen LogP contribution in [-0.2, 0) is 9.53 Å². The summed E-state index contributed by atoms with van der Waals surface area (Å²) < 4.78 is 5.50. The maximum atomic E-state index is 11.4. The van der Waals surface area contributed by atoms with Gasteiger partial charge in [-0.25, -0.2) is 0 Å². The van der Waals surface area contributed by atoms with Crippen LogP contribution in [0, 0.1) is 0 Å². The second-order valence-corrected chi connectivity index (χ2v) is 3.27. The molecule has 13 heavy (non-hydrogen) atoms. The fourth-order valence-corrected chi connectivity index (χ4v) is 1.65. The highest BCUT2D eigenvalue weighted by atomic mass is 16.5. The first-order chi connectivity index (χ1) is 6.38. The summed E-state index contributed by atoms with van der Waals surface area (Å²) >= 11 is 0. The highest BCUT2D eigenvalue weighted by Crippen LogP contribution is 2.12. The fraction of sp³-hybridized carbons (Fsp3) is 0.667. The van der Waals surface area contributed by atoms with E-state index in [9.17, 15) is 4.79 Å². The molecule has 0 spiro atoms. The van der Waals surface area contributed by atoms with E-state index in [1.165, 1.54) is 0 Å². The summed E-state index contributed by atoms with van der Waals surface area (Å²) in [4.78, 5) is 11.4. The molecule has 2 N–H and O–H groups in total. The largest absolute Gasteiger partial charge is 0.371 e. The maximum absolute atomic E-state index is 11.4. The van der Waals surface area contributed by atoms with E-state index >= 15 is 0 Å². The number of carbonyl (C=O) groups excluding carboxylic acids is 1. The lowest BCUT2D eigenvalue weighted by Crippen LogP contribution is -2.44. The van der Waals surface area contributed by atoms with E-state index in [2.05, 4.69) is 10.6 Å². The average molecular weight is 182 g/mol. The second-order valence-electron chi connectivity index (χ2n) is 3.27. The summed E-state index contributed by atoms with van der Waals surface area (Å²) in [6, 6.07) is 0. The zero-order valence-corrected chi connectivity index (χ0v) is 7.51. The number of amides is 1. The molecular formula is C9H14N2O2. The van der Waals surface area contributed by atoms with E-state index in [0.29, 0.717) is 6.61 Å². The first-order valence-electron chi connectivity index (χ1n) is 4.68. The van der Waals surface area contributed by atoms with Gasteiger partial charge in [0.15, 0.2) is 0 Å². The van der Waals surface area contributed by atoms with Gasteiger partial charge in [-0.1, -0.05) is 6.08 Å². The number of ether oxygens (including phenoxy) is 1. The van der Waals surface area contributed by atoms with Gasteiger partial charge in [-0.3, -0.25) is 4.79 Å². The van der Waals surface area contributed by atoms with Gasteiger partial charge in [-0.2, -0.15) is 0 Å². The molecule has 1 fully saturated rings. The summed E-state index contributed by atoms with van der Waals surface area (Å²) in [6.07, 6.45) is 2.85. The molecule has 2 rings (SSSR count). The van der Waals surface area contributed by atoms with Crippen molar-refractivity contribution in [3.63, 3.8) is 0 Å². The average Bonchev–Trinajstić information content (AvgIpc) is 2.20. The van der Waals surface area contributed by atoms with Crippen LogP contribution in [0.15, 0.2) is 11.6 Å². The van der Waals surface area contributed by atoms with Gasteiger partial charge in [0.1, 0.15) is 0 Å². The third-order valence-corrected chi connectivity index (χ3v) is 2.33. The van der Waals surface area contributed by atoms with Gasteiger partial charge in [0.2, 0.25) is 5.91 Å². The first kappa shape index (κ1) is 8.72. The van der Waals surface area contributed by atoms with Crippen LogP contribution in [-0.4, -0.2) is 38.3 Å². The zero-order valence-electron chi connectivity index (χ0n) is 7.51. The highest BCUT2D eigenvalue weighted by Gasteiger charge is 2.24. The zero-order chi connectivity index (χ0) is 9.10. The molecule has 2 aliphatic heterocycles. The smallest absolute Gasteiger partial charge is 0.249 e. The normalized spacial score (nSPS) is 29.4. The van der Waals surface area contributed by atoms with Crippen LogP contribution >= 0.6 is 0 Å². The van der Waals surface area contributed by atoms with Gasteiger partial charge < -0.3 is 15.4 Å². The van der Waals surface area contributed by atoms with Gasteiger partial charge >= 0.3 is 0 Å². The molecule has 1 unspecified atom stereocenters. The van der Waals surface area contributed by atoms with Crippen LogP contribution in [0.4, 0.5) is 0 Å². The standard InChI is InChI=1S/C9H14N2O2/c12-9-7(2-1-3-11-9)8-6-10-4-5-13-8/h2,8,10H,1,3-6H2,(H,11,12). The van der Waals surface area contributed by atoms with Crippen LogP contribution in [0.2, 0.25) is 0 Å². The molecule has 0 bridgehead atoms. The molecular weight excluding hydrogens is 168 g/mol. The van der Waals surface area contributed by atoms with Crippen molar-refractivity contribution in [2.24, 2.45) is 0 Å². The highest BCUT2D eigenvalue weighted by molar-refractivity contribution is 5.95. The molecule has 1 saturated heterocycles. The number of rotatable bonds is 1. The molecule has 0 aromatic rings. The van der Waals surface area contributed by atoms with Gasteiger partial charge in [0, 0.05) is 25.2 Å². The maximum Gasteiger partial charge on any atom is 0.249 e. The van der Waals surface area contributed by atoms with Gasteiger partial charge in [0.05, 0.1) is 12.7 Å². The molecule has 0 radical (unpaired) electrons. The third-order valence-electron chi connectivity index (χ3n) is 2.33. The summed E-state index contributed by atoms with van der Waals surface area (Å²) in [5.41, 5.74) is 0.790. The van der Waals surface area contributed by atoms with E-state index in [1.807, 2.05) is 6.08 Å². The Balaban J connectivity index is 2.04. The number of hydrogen-bond acceptors (Lipinski definition) is 3. The summed E-state index contributed by atoms with van der Waals surface area (Å²) in [6.45, 7) is 3.07. The van der Waals surface area contributed by atoms with Crippen molar-refractivity contribution < 1.29 is 9.53 Å². The monoisotopic (exact) mass is 182 g/mol. The molecule has 0 saturated carbocycles. The van der Waals surface area contributed by atoms with E-state index in [-0.39, 0.29) is 12.0 Å². The van der Waals surface area contributed by atoms with Crippen LogP contribution in [0.1, 0.15) is 6.42 Å². The molecule has 0 aromatic carbocycles. The molecule has 0 aliphatic carbocycles. The molecule has 1 atom stereocenters. The van der Waals surface area contributed by atoms with E-state index in [4.69, 9.17) is 4.74 Å². The third kappa shape index (κ3) is 1.89. The summed E-state index contributed by atoms with van der Waals surface area (Å²) in [7, 11) is 0. The van der Waals surface area contributed by atoms with Crippen LogP contribution in [0.5, 0.6) is 0 Å². The Labute approximate surface area is 77.3 Å². The summed E-state index contributed by atoms with van der Waals surface area (Å²) in [5.74, 6) is 0.0277. The van der Waals surface area contributed by atoms with Crippen LogP contribution in [0.25, 0.3) is 0 Å². The van der Waals surface area contributed by atoms with Crippen molar-refractivity contribution in [1.82, 2.24) is 10.6 Å². The van der Waals surface area contributed by atoms with E-state index in [0.717, 1.165) is 31.6 Å². The Morgan fingerprint density at radius 2 is 2.38 bits per heavy atom. The lowest BCUT2D eigenvalue weighted by atomic mass is 10.0.